The van der Waals surface area contributed by atoms with Gasteiger partial charge in [0.15, 0.2) is 0 Å². The van der Waals surface area contributed by atoms with Crippen LogP contribution in [0.5, 0.6) is 0 Å². The summed E-state index contributed by atoms with van der Waals surface area (Å²) < 4.78 is 14.6. The molecule has 1 nitrogen and oxygen atoms in total. The minimum atomic E-state index is -0.207. The monoisotopic (exact) mass is 161 g/mol. The summed E-state index contributed by atoms with van der Waals surface area (Å²) in [5, 5.41) is 0. The topological polar surface area (TPSA) is 4.93 Å². The number of aromatic nitrogens is 1. The predicted octanol–water partition coefficient (Wildman–Crippen LogP) is 2.62. The molecule has 0 saturated heterocycles. The van der Waals surface area contributed by atoms with Gasteiger partial charge in [-0.25, -0.2) is 4.39 Å². The second-order valence-electron chi connectivity index (χ2n) is 2.57. The molecule has 0 fully saturated rings. The fourth-order valence-electron chi connectivity index (χ4n) is 1.14. The number of hydrogen-bond acceptors (Lipinski definition) is 0. The molecule has 1 heterocycles. The highest BCUT2D eigenvalue weighted by Gasteiger charge is 1.94. The van der Waals surface area contributed by atoms with Gasteiger partial charge in [0, 0.05) is 18.1 Å². The van der Waals surface area contributed by atoms with Crippen LogP contribution in [0.4, 0.5) is 4.39 Å². The average Bonchev–Trinajstić information content (AvgIpc) is 2.56. The van der Waals surface area contributed by atoms with Crippen LogP contribution in [-0.4, -0.2) is 4.57 Å². The number of nitrogens with zero attached hydrogens (tertiary/aromatic N) is 1. The van der Waals surface area contributed by atoms with Gasteiger partial charge in [-0.1, -0.05) is 6.07 Å². The summed E-state index contributed by atoms with van der Waals surface area (Å²) >= 11 is 0. The van der Waals surface area contributed by atoms with Crippen LogP contribution in [0, 0.1) is 5.82 Å². The Balaban J connectivity index is 2.48. The molecular formula is C10H8FN. The van der Waals surface area contributed by atoms with E-state index in [0.29, 0.717) is 0 Å². The van der Waals surface area contributed by atoms with E-state index in [2.05, 4.69) is 0 Å². The van der Waals surface area contributed by atoms with Gasteiger partial charge < -0.3 is 4.57 Å². The van der Waals surface area contributed by atoms with Crippen LogP contribution in [0.15, 0.2) is 48.8 Å². The Morgan fingerprint density at radius 1 is 1.00 bits per heavy atom. The molecular weight excluding hydrogens is 153 g/mol. The molecule has 0 atom stereocenters. The number of rotatable bonds is 1. The van der Waals surface area contributed by atoms with E-state index in [-0.39, 0.29) is 5.82 Å². The molecule has 0 aliphatic heterocycles. The zero-order valence-electron chi connectivity index (χ0n) is 6.44. The molecule has 2 rings (SSSR count). The fraction of sp³-hybridized carbons (Fsp3) is 0. The minimum absolute atomic E-state index is 0.207. The van der Waals surface area contributed by atoms with Crippen molar-refractivity contribution in [3.63, 3.8) is 0 Å². The Hall–Kier alpha value is -1.57. The van der Waals surface area contributed by atoms with Gasteiger partial charge in [-0.2, -0.15) is 0 Å². The first-order valence-electron chi connectivity index (χ1n) is 3.75. The minimum Gasteiger partial charge on any atom is -0.324 e. The van der Waals surface area contributed by atoms with E-state index in [4.69, 9.17) is 0 Å². The van der Waals surface area contributed by atoms with Gasteiger partial charge in [-0.15, -0.1) is 0 Å². The molecule has 60 valence electrons. The van der Waals surface area contributed by atoms with Crippen molar-refractivity contribution in [2.45, 2.75) is 0 Å². The van der Waals surface area contributed by atoms with E-state index in [9.17, 15) is 4.39 Å². The van der Waals surface area contributed by atoms with Crippen LogP contribution in [0.25, 0.3) is 5.69 Å². The molecule has 0 amide bonds. The molecule has 0 unspecified atom stereocenters. The van der Waals surface area contributed by atoms with Crippen molar-refractivity contribution in [3.05, 3.63) is 54.6 Å². The van der Waals surface area contributed by atoms with Crippen LogP contribution in [0.2, 0.25) is 0 Å². The van der Waals surface area contributed by atoms with E-state index in [1.54, 1.807) is 6.07 Å². The molecule has 0 saturated carbocycles. The highest BCUT2D eigenvalue weighted by atomic mass is 19.1. The zero-order chi connectivity index (χ0) is 8.39. The average molecular weight is 161 g/mol. The van der Waals surface area contributed by atoms with E-state index in [1.807, 2.05) is 35.2 Å². The molecule has 12 heavy (non-hydrogen) atoms. The maximum atomic E-state index is 12.7. The summed E-state index contributed by atoms with van der Waals surface area (Å²) in [6, 6.07) is 10.3. The third-order valence-electron chi connectivity index (χ3n) is 1.71. The Kier molecular flexibility index (Phi) is 1.67. The highest BCUT2D eigenvalue weighted by Crippen LogP contribution is 2.08. The summed E-state index contributed by atoms with van der Waals surface area (Å²) in [5.74, 6) is -0.207. The van der Waals surface area contributed by atoms with Crippen molar-refractivity contribution in [1.29, 1.82) is 0 Å². The Morgan fingerprint density at radius 3 is 2.42 bits per heavy atom. The SMILES string of the molecule is Fc1cccc(-n2cccc2)c1. The molecule has 2 aromatic rings. The second kappa shape index (κ2) is 2.81. The highest BCUT2D eigenvalue weighted by molar-refractivity contribution is 5.32. The summed E-state index contributed by atoms with van der Waals surface area (Å²) in [4.78, 5) is 0. The van der Waals surface area contributed by atoms with Crippen LogP contribution >= 0.6 is 0 Å². The number of benzene rings is 1. The lowest BCUT2D eigenvalue weighted by Crippen LogP contribution is -1.89. The number of halogens is 1. The first-order chi connectivity index (χ1) is 5.86. The predicted molar refractivity (Wildman–Crippen MR) is 45.7 cm³/mol. The van der Waals surface area contributed by atoms with Crippen molar-refractivity contribution < 1.29 is 4.39 Å². The smallest absolute Gasteiger partial charge is 0.125 e. The maximum Gasteiger partial charge on any atom is 0.125 e. The summed E-state index contributed by atoms with van der Waals surface area (Å²) in [6.45, 7) is 0. The van der Waals surface area contributed by atoms with Crippen LogP contribution in [-0.2, 0) is 0 Å². The molecule has 0 N–H and O–H groups in total. The van der Waals surface area contributed by atoms with E-state index < -0.39 is 0 Å². The molecule has 1 aromatic heterocycles. The van der Waals surface area contributed by atoms with Gasteiger partial charge in [0.1, 0.15) is 5.82 Å². The quantitative estimate of drug-likeness (QED) is 0.605. The van der Waals surface area contributed by atoms with Crippen molar-refractivity contribution in [3.8, 4) is 5.69 Å². The molecule has 0 spiro atoms. The third-order valence-corrected chi connectivity index (χ3v) is 1.71. The molecule has 0 bridgehead atoms. The van der Waals surface area contributed by atoms with Crippen LogP contribution in [0.1, 0.15) is 0 Å². The normalized spacial score (nSPS) is 10.1. The van der Waals surface area contributed by atoms with Crippen LogP contribution in [0.3, 0.4) is 0 Å². The summed E-state index contributed by atoms with van der Waals surface area (Å²) in [7, 11) is 0. The standard InChI is InChI=1S/C10H8FN/c11-9-4-3-5-10(8-9)12-6-1-2-7-12/h1-8H. The van der Waals surface area contributed by atoms with Gasteiger partial charge in [0.05, 0.1) is 0 Å². The molecule has 0 aliphatic carbocycles. The van der Waals surface area contributed by atoms with Crippen molar-refractivity contribution in [2.75, 3.05) is 0 Å². The van der Waals surface area contributed by atoms with Crippen molar-refractivity contribution in [2.24, 2.45) is 0 Å². The van der Waals surface area contributed by atoms with Gasteiger partial charge in [0.2, 0.25) is 0 Å². The first-order valence-corrected chi connectivity index (χ1v) is 3.75. The molecule has 0 aliphatic rings. The third kappa shape index (κ3) is 1.23. The first kappa shape index (κ1) is 7.10. The van der Waals surface area contributed by atoms with Gasteiger partial charge in [0.25, 0.3) is 0 Å². The Morgan fingerprint density at radius 2 is 1.75 bits per heavy atom. The maximum absolute atomic E-state index is 12.7. The lowest BCUT2D eigenvalue weighted by molar-refractivity contribution is 0.626. The zero-order valence-corrected chi connectivity index (χ0v) is 6.44. The Bertz CT molecular complexity index is 365. The van der Waals surface area contributed by atoms with E-state index >= 15 is 0 Å². The van der Waals surface area contributed by atoms with Gasteiger partial charge in [-0.3, -0.25) is 0 Å². The molecule has 2 heteroatoms. The summed E-state index contributed by atoms with van der Waals surface area (Å²) in [5.41, 5.74) is 0.847. The van der Waals surface area contributed by atoms with Gasteiger partial charge in [-0.05, 0) is 30.3 Å². The number of hydrogen-bond donors (Lipinski definition) is 0. The second-order valence-corrected chi connectivity index (χ2v) is 2.57. The molecule has 1 aromatic carbocycles. The van der Waals surface area contributed by atoms with E-state index in [1.165, 1.54) is 12.1 Å². The van der Waals surface area contributed by atoms with Crippen LogP contribution < -0.4 is 0 Å². The van der Waals surface area contributed by atoms with Crippen molar-refractivity contribution in [1.82, 2.24) is 4.57 Å². The van der Waals surface area contributed by atoms with Crippen molar-refractivity contribution >= 4 is 0 Å². The summed E-state index contributed by atoms with van der Waals surface area (Å²) in [6.07, 6.45) is 3.77. The Labute approximate surface area is 70.1 Å². The molecule has 0 radical (unpaired) electrons. The fourth-order valence-corrected chi connectivity index (χ4v) is 1.14. The lowest BCUT2D eigenvalue weighted by Gasteiger charge is -2.00. The van der Waals surface area contributed by atoms with E-state index in [0.717, 1.165) is 5.69 Å². The lowest BCUT2D eigenvalue weighted by atomic mass is 10.3. The van der Waals surface area contributed by atoms with Gasteiger partial charge >= 0.3 is 0 Å². The largest absolute Gasteiger partial charge is 0.324 e.